The first-order chi connectivity index (χ1) is 10.4. The van der Waals surface area contributed by atoms with E-state index in [0.717, 1.165) is 17.0 Å². The second-order valence-corrected chi connectivity index (χ2v) is 4.94. The predicted octanol–water partition coefficient (Wildman–Crippen LogP) is 2.67. The third-order valence-corrected chi connectivity index (χ3v) is 3.62. The van der Waals surface area contributed by atoms with Gasteiger partial charge in [-0.1, -0.05) is 0 Å². The minimum absolute atomic E-state index is 0.132. The molecule has 3 rings (SSSR count). The standard InChI is InChI=1S/C15H10F3NO3/c16-10-2-3-11(17)13(18)9(10)6-19-5-8-7(15(19)22)1-4-12(20)14(8)21/h1-4,20-21H,5-6H2. The average molecular weight is 309 g/mol. The van der Waals surface area contributed by atoms with Crippen LogP contribution >= 0.6 is 0 Å². The average Bonchev–Trinajstić information content (AvgIpc) is 2.81. The summed E-state index contributed by atoms with van der Waals surface area (Å²) in [5.41, 5.74) is -0.264. The number of nitrogens with zero attached hydrogens (tertiary/aromatic N) is 1. The molecule has 0 fully saturated rings. The molecule has 2 aromatic carbocycles. The van der Waals surface area contributed by atoms with Crippen molar-refractivity contribution in [1.82, 2.24) is 4.90 Å². The van der Waals surface area contributed by atoms with Gasteiger partial charge in [0.15, 0.2) is 23.1 Å². The zero-order valence-corrected chi connectivity index (χ0v) is 11.1. The molecule has 0 unspecified atom stereocenters. The van der Waals surface area contributed by atoms with E-state index in [2.05, 4.69) is 0 Å². The molecule has 0 aromatic heterocycles. The van der Waals surface area contributed by atoms with Crippen LogP contribution in [0.1, 0.15) is 21.5 Å². The number of fused-ring (bicyclic) bond motifs is 1. The summed E-state index contributed by atoms with van der Waals surface area (Å²) in [5, 5.41) is 19.2. The van der Waals surface area contributed by atoms with Gasteiger partial charge in [-0.2, -0.15) is 0 Å². The largest absolute Gasteiger partial charge is 0.504 e. The summed E-state index contributed by atoms with van der Waals surface area (Å²) in [7, 11) is 0. The number of halogens is 3. The highest BCUT2D eigenvalue weighted by Gasteiger charge is 2.32. The minimum atomic E-state index is -1.35. The lowest BCUT2D eigenvalue weighted by Crippen LogP contribution is -2.24. The molecule has 0 bridgehead atoms. The number of phenolic OH excluding ortho intramolecular Hbond substituents is 2. The second kappa shape index (κ2) is 4.94. The van der Waals surface area contributed by atoms with Crippen molar-refractivity contribution in [1.29, 1.82) is 0 Å². The molecule has 1 amide bonds. The first-order valence-corrected chi connectivity index (χ1v) is 6.35. The van der Waals surface area contributed by atoms with Crippen LogP contribution < -0.4 is 0 Å². The van der Waals surface area contributed by atoms with E-state index in [1.165, 1.54) is 6.07 Å². The molecule has 2 aromatic rings. The van der Waals surface area contributed by atoms with Crippen LogP contribution in [0.4, 0.5) is 13.2 Å². The van der Waals surface area contributed by atoms with Gasteiger partial charge < -0.3 is 15.1 Å². The Morgan fingerprint density at radius 2 is 1.73 bits per heavy atom. The SMILES string of the molecule is O=C1c2ccc(O)c(O)c2CN1Cc1c(F)ccc(F)c1F. The number of hydrogen-bond donors (Lipinski definition) is 2. The van der Waals surface area contributed by atoms with Crippen LogP contribution in [0.25, 0.3) is 0 Å². The van der Waals surface area contributed by atoms with E-state index in [1.807, 2.05) is 0 Å². The molecule has 0 radical (unpaired) electrons. The number of rotatable bonds is 2. The third kappa shape index (κ3) is 2.05. The second-order valence-electron chi connectivity index (χ2n) is 4.94. The Labute approximate surface area is 123 Å². The van der Waals surface area contributed by atoms with Gasteiger partial charge >= 0.3 is 0 Å². The highest BCUT2D eigenvalue weighted by Crippen LogP contribution is 2.37. The fraction of sp³-hybridized carbons (Fsp3) is 0.133. The predicted molar refractivity (Wildman–Crippen MR) is 69.7 cm³/mol. The monoisotopic (exact) mass is 309 g/mol. The summed E-state index contributed by atoms with van der Waals surface area (Å²) < 4.78 is 40.5. The number of benzene rings is 2. The quantitative estimate of drug-likeness (QED) is 0.662. The van der Waals surface area contributed by atoms with E-state index in [0.29, 0.717) is 6.07 Å². The first kappa shape index (κ1) is 14.2. The molecule has 114 valence electrons. The third-order valence-electron chi connectivity index (χ3n) is 3.62. The fourth-order valence-electron chi connectivity index (χ4n) is 2.45. The van der Waals surface area contributed by atoms with Gasteiger partial charge in [0.25, 0.3) is 5.91 Å². The zero-order chi connectivity index (χ0) is 16.0. The van der Waals surface area contributed by atoms with Gasteiger partial charge in [0, 0.05) is 16.7 Å². The van der Waals surface area contributed by atoms with E-state index in [1.54, 1.807) is 0 Å². The number of carbonyl (C=O) groups is 1. The van der Waals surface area contributed by atoms with Gasteiger partial charge in [-0.05, 0) is 24.3 Å². The van der Waals surface area contributed by atoms with Crippen molar-refractivity contribution in [2.75, 3.05) is 0 Å². The van der Waals surface area contributed by atoms with Gasteiger partial charge in [0.05, 0.1) is 13.1 Å². The molecule has 0 atom stereocenters. The lowest BCUT2D eigenvalue weighted by molar-refractivity contribution is 0.0763. The van der Waals surface area contributed by atoms with Crippen molar-refractivity contribution in [3.05, 3.63) is 58.4 Å². The molecular weight excluding hydrogens is 299 g/mol. The summed E-state index contributed by atoms with van der Waals surface area (Å²) in [6.07, 6.45) is 0. The lowest BCUT2D eigenvalue weighted by atomic mass is 10.1. The number of carbonyl (C=O) groups excluding carboxylic acids is 1. The normalized spacial score (nSPS) is 13.6. The van der Waals surface area contributed by atoms with Gasteiger partial charge in [-0.15, -0.1) is 0 Å². The summed E-state index contributed by atoms with van der Waals surface area (Å²) in [6.45, 7) is -0.618. The Morgan fingerprint density at radius 1 is 1.05 bits per heavy atom. The van der Waals surface area contributed by atoms with Crippen LogP contribution in [0, 0.1) is 17.5 Å². The Morgan fingerprint density at radius 3 is 2.45 bits per heavy atom. The molecule has 0 saturated carbocycles. The van der Waals surface area contributed by atoms with Gasteiger partial charge in [0.1, 0.15) is 5.82 Å². The Kier molecular flexibility index (Phi) is 3.20. The smallest absolute Gasteiger partial charge is 0.254 e. The maximum atomic E-state index is 13.7. The van der Waals surface area contributed by atoms with Crippen LogP contribution in [0.15, 0.2) is 24.3 Å². The molecule has 22 heavy (non-hydrogen) atoms. The zero-order valence-electron chi connectivity index (χ0n) is 11.1. The van der Waals surface area contributed by atoms with Crippen LogP contribution in [-0.2, 0) is 13.1 Å². The highest BCUT2D eigenvalue weighted by molar-refractivity contribution is 5.99. The van der Waals surface area contributed by atoms with Crippen LogP contribution in [0.5, 0.6) is 11.5 Å². The van der Waals surface area contributed by atoms with Crippen molar-refractivity contribution < 1.29 is 28.2 Å². The Bertz CT molecular complexity index is 792. The highest BCUT2D eigenvalue weighted by atomic mass is 19.2. The molecule has 0 spiro atoms. The van der Waals surface area contributed by atoms with E-state index >= 15 is 0 Å². The molecule has 1 aliphatic heterocycles. The van der Waals surface area contributed by atoms with Crippen molar-refractivity contribution >= 4 is 5.91 Å². The summed E-state index contributed by atoms with van der Waals surface area (Å²) >= 11 is 0. The molecule has 0 aliphatic carbocycles. The van der Waals surface area contributed by atoms with Crippen LogP contribution in [0.3, 0.4) is 0 Å². The number of aromatic hydroxyl groups is 2. The van der Waals surface area contributed by atoms with Crippen molar-refractivity contribution in [2.24, 2.45) is 0 Å². The minimum Gasteiger partial charge on any atom is -0.504 e. The molecule has 1 heterocycles. The van der Waals surface area contributed by atoms with E-state index in [4.69, 9.17) is 0 Å². The van der Waals surface area contributed by atoms with Gasteiger partial charge in [-0.25, -0.2) is 13.2 Å². The van der Waals surface area contributed by atoms with Gasteiger partial charge in [0.2, 0.25) is 0 Å². The summed E-state index contributed by atoms with van der Waals surface area (Å²) in [4.78, 5) is 13.2. The molecule has 0 saturated heterocycles. The van der Waals surface area contributed by atoms with Gasteiger partial charge in [-0.3, -0.25) is 4.79 Å². The number of phenols is 2. The summed E-state index contributed by atoms with van der Waals surface area (Å²) in [6, 6.07) is 3.91. The van der Waals surface area contributed by atoms with E-state index < -0.39 is 47.0 Å². The Hall–Kier alpha value is -2.70. The van der Waals surface area contributed by atoms with Crippen LogP contribution in [0.2, 0.25) is 0 Å². The molecule has 4 nitrogen and oxygen atoms in total. The van der Waals surface area contributed by atoms with E-state index in [9.17, 15) is 28.2 Å². The fourth-order valence-corrected chi connectivity index (χ4v) is 2.45. The molecular formula is C15H10F3NO3. The van der Waals surface area contributed by atoms with Crippen LogP contribution in [-0.4, -0.2) is 21.0 Å². The number of amides is 1. The number of hydrogen-bond acceptors (Lipinski definition) is 3. The molecule has 7 heteroatoms. The van der Waals surface area contributed by atoms with Crippen molar-refractivity contribution in [3.63, 3.8) is 0 Å². The maximum Gasteiger partial charge on any atom is 0.254 e. The maximum absolute atomic E-state index is 13.7. The topological polar surface area (TPSA) is 60.8 Å². The first-order valence-electron chi connectivity index (χ1n) is 6.35. The molecule has 1 aliphatic rings. The molecule has 2 N–H and O–H groups in total. The summed E-state index contributed by atoms with van der Waals surface area (Å²) in [5.74, 6) is -4.93. The van der Waals surface area contributed by atoms with Crippen molar-refractivity contribution in [3.8, 4) is 11.5 Å². The lowest BCUT2D eigenvalue weighted by Gasteiger charge is -2.16. The Balaban J connectivity index is 1.96. The van der Waals surface area contributed by atoms with E-state index in [-0.39, 0.29) is 17.7 Å². The van der Waals surface area contributed by atoms with Crippen molar-refractivity contribution in [2.45, 2.75) is 13.1 Å².